The fraction of sp³-hybridized carbons (Fsp3) is 0.200. The Kier molecular flexibility index (Phi) is 16.8. The maximum absolute atomic E-state index is 10.9. The van der Waals surface area contributed by atoms with E-state index in [0.29, 0.717) is 29.7 Å². The van der Waals surface area contributed by atoms with Gasteiger partial charge in [0.15, 0.2) is 0 Å². The highest BCUT2D eigenvalue weighted by atomic mass is 35.5. The summed E-state index contributed by atoms with van der Waals surface area (Å²) in [6.45, 7) is 3.76. The molecule has 240 valence electrons. The summed E-state index contributed by atoms with van der Waals surface area (Å²) >= 11 is 11.6. The molecule has 7 nitrogen and oxygen atoms in total. The number of primary sulfonamides is 1. The largest absolute Gasteiger partial charge is 0.330 e. The van der Waals surface area contributed by atoms with Crippen LogP contribution in [0.1, 0.15) is 35.2 Å². The summed E-state index contributed by atoms with van der Waals surface area (Å²) in [5, 5.41) is 8.82. The molecular weight excluding hydrogens is 625 g/mol. The average Bonchev–Trinajstić information content (AvgIpc) is 3.03. The molecule has 0 amide bonds. The predicted octanol–water partition coefficient (Wildman–Crippen LogP) is 6.33. The quantitative estimate of drug-likeness (QED) is 0.136. The van der Waals surface area contributed by atoms with Crippen LogP contribution >= 0.6 is 23.2 Å². The molecule has 5 aromatic rings. The zero-order valence-electron chi connectivity index (χ0n) is 25.4. The van der Waals surface area contributed by atoms with Crippen molar-refractivity contribution in [3.8, 4) is 0 Å². The number of rotatable bonds is 7. The fourth-order valence-electron chi connectivity index (χ4n) is 4.12. The van der Waals surface area contributed by atoms with Crippen LogP contribution in [0.15, 0.2) is 120 Å². The van der Waals surface area contributed by atoms with Gasteiger partial charge in [-0.05, 0) is 90.1 Å². The van der Waals surface area contributed by atoms with Gasteiger partial charge in [0.05, 0.1) is 4.90 Å². The van der Waals surface area contributed by atoms with Crippen molar-refractivity contribution >= 4 is 44.0 Å². The van der Waals surface area contributed by atoms with Crippen LogP contribution in [0.3, 0.4) is 0 Å². The molecule has 1 unspecified atom stereocenters. The van der Waals surface area contributed by atoms with Crippen molar-refractivity contribution in [3.05, 3.63) is 148 Å². The number of halogens is 2. The molecule has 0 heterocycles. The summed E-state index contributed by atoms with van der Waals surface area (Å²) in [4.78, 5) is 0.133. The minimum atomic E-state index is -3.57. The SMILES string of the molecule is CC(N)c1ccccc1.NCCc1ccc(Cl)cc1Cl.NCCc1ccc(S(N)(=O)=O)cc1.NCc1cccc2ccccc12. The van der Waals surface area contributed by atoms with E-state index < -0.39 is 10.0 Å². The van der Waals surface area contributed by atoms with Crippen LogP contribution in [0.4, 0.5) is 0 Å². The standard InChI is InChI=1S/C11H11N.C8H9Cl2N.C8H12N2O2S.C8H11N/c12-8-10-6-3-5-9-4-1-2-7-11(9)10;9-7-2-1-6(3-4-11)8(10)5-7;9-6-5-7-1-3-8(4-2-7)13(10,11)12;1-7(9)8-5-3-2-4-6-8/h1-7H,8,12H2;1-2,5H,3-4,11H2;1-4H,5-6,9H2,(H2,10,11,12);2-7H,9H2,1H3. The fourth-order valence-corrected chi connectivity index (χ4v) is 5.14. The molecule has 0 aromatic heterocycles. The van der Waals surface area contributed by atoms with Gasteiger partial charge >= 0.3 is 0 Å². The molecule has 5 rings (SSSR count). The molecule has 0 fully saturated rings. The van der Waals surface area contributed by atoms with E-state index >= 15 is 0 Å². The van der Waals surface area contributed by atoms with Crippen LogP contribution in [0.5, 0.6) is 0 Å². The van der Waals surface area contributed by atoms with Gasteiger partial charge in [0, 0.05) is 22.6 Å². The molecule has 1 atom stereocenters. The summed E-state index contributed by atoms with van der Waals surface area (Å²) < 4.78 is 21.7. The number of sulfonamides is 1. The number of benzene rings is 5. The molecular formula is C35H43Cl2N5O2S. The third-order valence-corrected chi connectivity index (χ3v) is 8.06. The first-order valence-electron chi connectivity index (χ1n) is 14.4. The van der Waals surface area contributed by atoms with E-state index in [4.69, 9.17) is 51.3 Å². The third kappa shape index (κ3) is 13.7. The average molecular weight is 669 g/mol. The van der Waals surface area contributed by atoms with Gasteiger partial charge in [0.2, 0.25) is 10.0 Å². The lowest BCUT2D eigenvalue weighted by atomic mass is 10.1. The molecule has 0 aliphatic carbocycles. The molecule has 0 aliphatic rings. The third-order valence-electron chi connectivity index (χ3n) is 6.54. The molecule has 0 saturated carbocycles. The Morgan fingerprint density at radius 1 is 0.689 bits per heavy atom. The second-order valence-corrected chi connectivity index (χ2v) is 12.4. The zero-order chi connectivity index (χ0) is 33.2. The molecule has 10 N–H and O–H groups in total. The van der Waals surface area contributed by atoms with Gasteiger partial charge in [-0.2, -0.15) is 0 Å². The van der Waals surface area contributed by atoms with Crippen LogP contribution in [0.25, 0.3) is 10.8 Å². The first kappa shape index (κ1) is 37.9. The van der Waals surface area contributed by atoms with Crippen LogP contribution in [0, 0.1) is 0 Å². The second-order valence-electron chi connectivity index (χ2n) is 10.0. The van der Waals surface area contributed by atoms with Crippen molar-refractivity contribution in [1.82, 2.24) is 0 Å². The lowest BCUT2D eigenvalue weighted by Gasteiger charge is -2.02. The Morgan fingerprint density at radius 3 is 1.82 bits per heavy atom. The maximum atomic E-state index is 10.9. The van der Waals surface area contributed by atoms with Crippen molar-refractivity contribution in [1.29, 1.82) is 0 Å². The van der Waals surface area contributed by atoms with E-state index in [1.165, 1.54) is 34.0 Å². The Balaban J connectivity index is 0.000000211. The lowest BCUT2D eigenvalue weighted by Crippen LogP contribution is -2.12. The van der Waals surface area contributed by atoms with Crippen LogP contribution in [-0.2, 0) is 29.4 Å². The Hall–Kier alpha value is -3.31. The van der Waals surface area contributed by atoms with Gasteiger partial charge in [-0.25, -0.2) is 13.6 Å². The van der Waals surface area contributed by atoms with Crippen molar-refractivity contribution < 1.29 is 8.42 Å². The van der Waals surface area contributed by atoms with Gasteiger partial charge in [-0.15, -0.1) is 0 Å². The van der Waals surface area contributed by atoms with E-state index in [1.54, 1.807) is 18.2 Å². The van der Waals surface area contributed by atoms with Gasteiger partial charge in [-0.1, -0.05) is 114 Å². The van der Waals surface area contributed by atoms with E-state index in [1.807, 2.05) is 67.6 Å². The first-order valence-corrected chi connectivity index (χ1v) is 16.7. The minimum Gasteiger partial charge on any atom is -0.330 e. The second kappa shape index (κ2) is 19.9. The van der Waals surface area contributed by atoms with Crippen molar-refractivity contribution in [2.24, 2.45) is 28.1 Å². The highest BCUT2D eigenvalue weighted by Gasteiger charge is 2.06. The molecule has 0 saturated heterocycles. The van der Waals surface area contributed by atoms with Crippen molar-refractivity contribution in [3.63, 3.8) is 0 Å². The Morgan fingerprint density at radius 2 is 1.29 bits per heavy atom. The molecule has 45 heavy (non-hydrogen) atoms. The molecule has 10 heteroatoms. The van der Waals surface area contributed by atoms with Crippen LogP contribution < -0.4 is 28.1 Å². The van der Waals surface area contributed by atoms with Gasteiger partial charge in [-0.3, -0.25) is 0 Å². The summed E-state index contributed by atoms with van der Waals surface area (Å²) in [6, 6.07) is 36.6. The summed E-state index contributed by atoms with van der Waals surface area (Å²) in [5.41, 5.74) is 26.4. The van der Waals surface area contributed by atoms with Crippen molar-refractivity contribution in [2.75, 3.05) is 13.1 Å². The molecule has 0 radical (unpaired) electrons. The molecule has 0 bridgehead atoms. The summed E-state index contributed by atoms with van der Waals surface area (Å²) in [6.07, 6.45) is 1.54. The number of nitrogens with two attached hydrogens (primary N) is 5. The first-order chi connectivity index (χ1) is 21.5. The molecule has 0 spiro atoms. The smallest absolute Gasteiger partial charge is 0.238 e. The van der Waals surface area contributed by atoms with Crippen molar-refractivity contribution in [2.45, 2.75) is 37.2 Å². The van der Waals surface area contributed by atoms with E-state index in [0.717, 1.165) is 24.0 Å². The van der Waals surface area contributed by atoms with Gasteiger partial charge in [0.25, 0.3) is 0 Å². The number of hydrogen-bond donors (Lipinski definition) is 5. The van der Waals surface area contributed by atoms with Gasteiger partial charge < -0.3 is 22.9 Å². The van der Waals surface area contributed by atoms with Crippen LogP contribution in [-0.4, -0.2) is 21.5 Å². The summed E-state index contributed by atoms with van der Waals surface area (Å²) in [5.74, 6) is 0. The normalized spacial score (nSPS) is 11.2. The highest BCUT2D eigenvalue weighted by molar-refractivity contribution is 7.89. The Labute approximate surface area is 277 Å². The van der Waals surface area contributed by atoms with Gasteiger partial charge in [0.1, 0.15) is 0 Å². The molecule has 5 aromatic carbocycles. The lowest BCUT2D eigenvalue weighted by molar-refractivity contribution is 0.598. The highest BCUT2D eigenvalue weighted by Crippen LogP contribution is 2.21. The summed E-state index contributed by atoms with van der Waals surface area (Å²) in [7, 11) is -3.57. The van der Waals surface area contributed by atoms with Crippen LogP contribution in [0.2, 0.25) is 10.0 Å². The maximum Gasteiger partial charge on any atom is 0.238 e. The monoisotopic (exact) mass is 667 g/mol. The number of hydrogen-bond acceptors (Lipinski definition) is 6. The zero-order valence-corrected chi connectivity index (χ0v) is 27.8. The van der Waals surface area contributed by atoms with E-state index in [2.05, 4.69) is 24.3 Å². The minimum absolute atomic E-state index is 0.133. The van der Waals surface area contributed by atoms with E-state index in [9.17, 15) is 8.42 Å². The predicted molar refractivity (Wildman–Crippen MR) is 191 cm³/mol. The topological polar surface area (TPSA) is 164 Å². The molecule has 0 aliphatic heterocycles. The van der Waals surface area contributed by atoms with E-state index in [-0.39, 0.29) is 10.9 Å². The Bertz CT molecular complexity index is 1680. The number of fused-ring (bicyclic) bond motifs is 1.